The third-order valence-corrected chi connectivity index (χ3v) is 3.18. The Labute approximate surface area is 127 Å². The van der Waals surface area contributed by atoms with E-state index in [1.807, 2.05) is 24.3 Å². The first-order valence-corrected chi connectivity index (χ1v) is 6.79. The largest absolute Gasteiger partial charge is 0.472 e. The van der Waals surface area contributed by atoms with Crippen molar-refractivity contribution in [3.8, 4) is 11.4 Å². The number of rotatable bonds is 4. The fraction of sp³-hybridized carbons (Fsp3) is 0.0714. The van der Waals surface area contributed by atoms with Crippen molar-refractivity contribution in [3.63, 3.8) is 0 Å². The fourth-order valence-corrected chi connectivity index (χ4v) is 1.89. The Balaban J connectivity index is 1.65. The summed E-state index contributed by atoms with van der Waals surface area (Å²) in [7, 11) is 0. The number of hydrogen-bond donors (Lipinski definition) is 0. The topological polar surface area (TPSA) is 78.4 Å². The summed E-state index contributed by atoms with van der Waals surface area (Å²) in [6, 6.07) is 8.99. The van der Waals surface area contributed by atoms with Crippen LogP contribution in [0.15, 0.2) is 56.3 Å². The van der Waals surface area contributed by atoms with E-state index in [1.54, 1.807) is 0 Å². The summed E-state index contributed by atoms with van der Waals surface area (Å²) < 4.78 is 15.8. The quantitative estimate of drug-likeness (QED) is 0.672. The van der Waals surface area contributed by atoms with Crippen LogP contribution in [0.5, 0.6) is 0 Å². The molecule has 2 heterocycles. The number of ether oxygens (including phenoxy) is 1. The summed E-state index contributed by atoms with van der Waals surface area (Å²) in [5.74, 6) is 0.161. The smallest absolute Gasteiger partial charge is 0.341 e. The molecule has 3 aromatic rings. The maximum absolute atomic E-state index is 11.6. The number of halogens is 1. The Kier molecular flexibility index (Phi) is 3.83. The second kappa shape index (κ2) is 5.92. The van der Waals surface area contributed by atoms with Gasteiger partial charge in [-0.05, 0) is 30.3 Å². The Morgan fingerprint density at radius 2 is 2.05 bits per heavy atom. The zero-order valence-corrected chi connectivity index (χ0v) is 12.2. The second-order valence-electron chi connectivity index (χ2n) is 4.11. The molecule has 2 aromatic heterocycles. The molecule has 1 aromatic carbocycles. The summed E-state index contributed by atoms with van der Waals surface area (Å²) in [5, 5.41) is 3.85. The van der Waals surface area contributed by atoms with Crippen LogP contribution in [0.2, 0.25) is 0 Å². The molecule has 3 rings (SSSR count). The molecule has 0 aliphatic carbocycles. The highest BCUT2D eigenvalue weighted by Gasteiger charge is 2.13. The number of carbonyl (C=O) groups excluding carboxylic acids is 1. The summed E-state index contributed by atoms with van der Waals surface area (Å²) in [6.45, 7) is -0.0897. The average molecular weight is 349 g/mol. The number of benzene rings is 1. The average Bonchev–Trinajstić information content (AvgIpc) is 3.17. The van der Waals surface area contributed by atoms with Crippen molar-refractivity contribution < 1.29 is 18.5 Å². The predicted molar refractivity (Wildman–Crippen MR) is 75.3 cm³/mol. The van der Waals surface area contributed by atoms with Crippen LogP contribution in [0.25, 0.3) is 11.4 Å². The lowest BCUT2D eigenvalue weighted by atomic mass is 10.2. The summed E-state index contributed by atoms with van der Waals surface area (Å²) in [4.78, 5) is 15.8. The van der Waals surface area contributed by atoms with Crippen molar-refractivity contribution in [1.82, 2.24) is 10.1 Å². The van der Waals surface area contributed by atoms with Crippen LogP contribution in [0.3, 0.4) is 0 Å². The van der Waals surface area contributed by atoms with Crippen LogP contribution in [0, 0.1) is 0 Å². The van der Waals surface area contributed by atoms with Gasteiger partial charge in [-0.2, -0.15) is 4.98 Å². The molecule has 7 heteroatoms. The molecule has 0 aliphatic heterocycles. The van der Waals surface area contributed by atoms with E-state index < -0.39 is 5.97 Å². The van der Waals surface area contributed by atoms with E-state index in [1.165, 1.54) is 18.6 Å². The van der Waals surface area contributed by atoms with E-state index in [4.69, 9.17) is 13.7 Å². The van der Waals surface area contributed by atoms with E-state index in [2.05, 4.69) is 26.1 Å². The third kappa shape index (κ3) is 3.19. The van der Waals surface area contributed by atoms with Gasteiger partial charge in [-0.15, -0.1) is 0 Å². The number of carbonyl (C=O) groups is 1. The van der Waals surface area contributed by atoms with E-state index in [9.17, 15) is 4.79 Å². The molecule has 0 saturated heterocycles. The Morgan fingerprint density at radius 3 is 2.76 bits per heavy atom. The maximum Gasteiger partial charge on any atom is 0.341 e. The van der Waals surface area contributed by atoms with Gasteiger partial charge in [0.15, 0.2) is 6.61 Å². The second-order valence-corrected chi connectivity index (χ2v) is 5.02. The van der Waals surface area contributed by atoms with Crippen LogP contribution in [0.4, 0.5) is 0 Å². The lowest BCUT2D eigenvalue weighted by Gasteiger charge is -1.97. The van der Waals surface area contributed by atoms with E-state index in [0.29, 0.717) is 11.4 Å². The third-order valence-electron chi connectivity index (χ3n) is 2.65. The van der Waals surface area contributed by atoms with Gasteiger partial charge in [0, 0.05) is 10.0 Å². The minimum absolute atomic E-state index is 0.0897. The molecule has 0 aliphatic rings. The molecule has 21 heavy (non-hydrogen) atoms. The van der Waals surface area contributed by atoms with Crippen molar-refractivity contribution in [2.45, 2.75) is 6.61 Å². The minimum atomic E-state index is -0.507. The van der Waals surface area contributed by atoms with Gasteiger partial charge >= 0.3 is 5.97 Å². The first-order chi connectivity index (χ1) is 10.2. The van der Waals surface area contributed by atoms with Crippen LogP contribution in [-0.4, -0.2) is 16.1 Å². The van der Waals surface area contributed by atoms with E-state index >= 15 is 0 Å². The van der Waals surface area contributed by atoms with Gasteiger partial charge in [-0.1, -0.05) is 21.1 Å². The van der Waals surface area contributed by atoms with Crippen molar-refractivity contribution in [2.24, 2.45) is 0 Å². The van der Waals surface area contributed by atoms with Gasteiger partial charge < -0.3 is 13.7 Å². The number of aromatic nitrogens is 2. The number of furan rings is 1. The zero-order chi connectivity index (χ0) is 14.7. The normalized spacial score (nSPS) is 10.5. The first kappa shape index (κ1) is 13.6. The number of esters is 1. The highest BCUT2D eigenvalue weighted by atomic mass is 79.9. The minimum Gasteiger partial charge on any atom is -0.472 e. The molecule has 0 fully saturated rings. The van der Waals surface area contributed by atoms with Crippen LogP contribution in [0.1, 0.15) is 16.2 Å². The standard InChI is InChI=1S/C14H9BrN2O4/c15-11-3-1-9(2-4-11)13-16-12(21-17-13)8-20-14(18)10-5-6-19-7-10/h1-7H,8H2. The molecule has 0 spiro atoms. The van der Waals surface area contributed by atoms with Crippen LogP contribution < -0.4 is 0 Å². The molecule has 0 N–H and O–H groups in total. The molecule has 0 saturated carbocycles. The van der Waals surface area contributed by atoms with E-state index in [-0.39, 0.29) is 12.5 Å². The first-order valence-electron chi connectivity index (χ1n) is 6.00. The number of hydrogen-bond acceptors (Lipinski definition) is 6. The van der Waals surface area contributed by atoms with Crippen molar-refractivity contribution >= 4 is 21.9 Å². The molecular weight excluding hydrogens is 340 g/mol. The van der Waals surface area contributed by atoms with Gasteiger partial charge in [0.05, 0.1) is 11.8 Å². The molecule has 0 atom stereocenters. The van der Waals surface area contributed by atoms with E-state index in [0.717, 1.165) is 10.0 Å². The lowest BCUT2D eigenvalue weighted by Crippen LogP contribution is -2.04. The summed E-state index contributed by atoms with van der Waals surface area (Å²) >= 11 is 3.35. The Hall–Kier alpha value is -2.41. The summed E-state index contributed by atoms with van der Waals surface area (Å²) in [6.07, 6.45) is 2.71. The van der Waals surface area contributed by atoms with Gasteiger partial charge in [0.1, 0.15) is 6.26 Å². The van der Waals surface area contributed by atoms with Crippen molar-refractivity contribution in [3.05, 3.63) is 58.8 Å². The van der Waals surface area contributed by atoms with Crippen LogP contribution in [-0.2, 0) is 11.3 Å². The summed E-state index contributed by atoms with van der Waals surface area (Å²) in [5.41, 5.74) is 1.15. The number of nitrogens with zero attached hydrogens (tertiary/aromatic N) is 2. The molecule has 106 valence electrons. The fourth-order valence-electron chi connectivity index (χ4n) is 1.62. The molecular formula is C14H9BrN2O4. The SMILES string of the molecule is O=C(OCc1nc(-c2ccc(Br)cc2)no1)c1ccoc1. The van der Waals surface area contributed by atoms with Crippen molar-refractivity contribution in [2.75, 3.05) is 0 Å². The van der Waals surface area contributed by atoms with Crippen LogP contribution >= 0.6 is 15.9 Å². The monoisotopic (exact) mass is 348 g/mol. The lowest BCUT2D eigenvalue weighted by molar-refractivity contribution is 0.0429. The highest BCUT2D eigenvalue weighted by Crippen LogP contribution is 2.19. The molecule has 0 radical (unpaired) electrons. The Bertz CT molecular complexity index is 735. The maximum atomic E-state index is 11.6. The van der Waals surface area contributed by atoms with Gasteiger partial charge in [0.2, 0.25) is 5.82 Å². The molecule has 0 unspecified atom stereocenters. The zero-order valence-electron chi connectivity index (χ0n) is 10.7. The van der Waals surface area contributed by atoms with Gasteiger partial charge in [-0.3, -0.25) is 0 Å². The van der Waals surface area contributed by atoms with Gasteiger partial charge in [-0.25, -0.2) is 4.79 Å². The predicted octanol–water partition coefficient (Wildman–Crippen LogP) is 3.45. The van der Waals surface area contributed by atoms with Crippen molar-refractivity contribution in [1.29, 1.82) is 0 Å². The molecule has 0 bridgehead atoms. The Morgan fingerprint density at radius 1 is 1.24 bits per heavy atom. The molecule has 6 nitrogen and oxygen atoms in total. The highest BCUT2D eigenvalue weighted by molar-refractivity contribution is 9.10. The molecule has 0 amide bonds. The van der Waals surface area contributed by atoms with Gasteiger partial charge in [0.25, 0.3) is 5.89 Å².